The summed E-state index contributed by atoms with van der Waals surface area (Å²) in [6.07, 6.45) is 11.4. The van der Waals surface area contributed by atoms with Gasteiger partial charge >= 0.3 is 0 Å². The highest BCUT2D eigenvalue weighted by molar-refractivity contribution is 5.25. The van der Waals surface area contributed by atoms with Crippen LogP contribution in [-0.2, 0) is 27.2 Å². The number of aliphatic hydroxyl groups excluding tert-OH is 2. The summed E-state index contributed by atoms with van der Waals surface area (Å²) < 4.78 is 8.35. The predicted molar refractivity (Wildman–Crippen MR) is 131 cm³/mol. The minimum absolute atomic E-state index is 0.614. The van der Waals surface area contributed by atoms with Crippen molar-refractivity contribution in [2.24, 2.45) is 14.1 Å². The third kappa shape index (κ3) is 5.82. The molecule has 6 nitrogen and oxygen atoms in total. The summed E-state index contributed by atoms with van der Waals surface area (Å²) in [4.78, 5) is 0. The van der Waals surface area contributed by atoms with Gasteiger partial charge in [0.25, 0.3) is 0 Å². The Balaban J connectivity index is 1.24. The smallest absolute Gasteiger partial charge is 0.243 e. The monoisotopic (exact) mass is 460 g/mol. The van der Waals surface area contributed by atoms with E-state index in [9.17, 15) is 10.2 Å². The molecule has 178 valence electrons. The highest BCUT2D eigenvalue weighted by atomic mass is 16.3. The minimum Gasteiger partial charge on any atom is -0.380 e. The van der Waals surface area contributed by atoms with Gasteiger partial charge in [-0.3, -0.25) is 0 Å². The number of hydrogen-bond acceptors (Lipinski definition) is 2. The van der Waals surface area contributed by atoms with Gasteiger partial charge in [0.05, 0.1) is 27.2 Å². The third-order valence-electron chi connectivity index (χ3n) is 6.37. The Hall–Kier alpha value is -3.22. The van der Waals surface area contributed by atoms with Crippen molar-refractivity contribution in [1.29, 1.82) is 0 Å². The molecular weight excluding hydrogens is 424 g/mol. The molecule has 34 heavy (non-hydrogen) atoms. The Labute approximate surface area is 202 Å². The lowest BCUT2D eigenvalue weighted by Gasteiger charge is -2.09. The minimum atomic E-state index is -0.615. The Kier molecular flexibility index (Phi) is 7.93. The first-order valence-electron chi connectivity index (χ1n) is 12.1. The second-order valence-electron chi connectivity index (χ2n) is 9.09. The molecule has 0 spiro atoms. The molecule has 2 heterocycles. The Morgan fingerprint density at radius 2 is 1.32 bits per heavy atom. The van der Waals surface area contributed by atoms with E-state index in [2.05, 4.69) is 28.0 Å². The average Bonchev–Trinajstić information content (AvgIpc) is 3.43. The molecule has 2 aromatic carbocycles. The van der Waals surface area contributed by atoms with Crippen LogP contribution in [0.15, 0.2) is 85.7 Å². The molecule has 0 aliphatic carbocycles. The van der Waals surface area contributed by atoms with E-state index in [-0.39, 0.29) is 0 Å². The molecule has 0 amide bonds. The highest BCUT2D eigenvalue weighted by Crippen LogP contribution is 2.22. The first-order valence-corrected chi connectivity index (χ1v) is 12.1. The van der Waals surface area contributed by atoms with Crippen LogP contribution in [0.25, 0.3) is 0 Å². The Bertz CT molecular complexity index is 1170. The lowest BCUT2D eigenvalue weighted by Crippen LogP contribution is -2.30. The average molecular weight is 461 g/mol. The molecule has 0 unspecified atom stereocenters. The molecule has 6 heteroatoms. The normalized spacial score (nSPS) is 13.2. The summed E-state index contributed by atoms with van der Waals surface area (Å²) in [7, 11) is 3.98. The third-order valence-corrected chi connectivity index (χ3v) is 6.37. The second kappa shape index (κ2) is 11.3. The maximum atomic E-state index is 10.8. The largest absolute Gasteiger partial charge is 0.380 e. The number of rotatable bonds is 11. The molecule has 0 bridgehead atoms. The molecule has 0 aliphatic heterocycles. The number of benzene rings is 2. The van der Waals surface area contributed by atoms with Crippen LogP contribution in [-0.4, -0.2) is 19.3 Å². The fourth-order valence-electron chi connectivity index (χ4n) is 4.53. The lowest BCUT2D eigenvalue weighted by molar-refractivity contribution is -0.697. The number of aliphatic hydroxyl groups is 2. The van der Waals surface area contributed by atoms with Crippen LogP contribution in [0.3, 0.4) is 0 Å². The van der Waals surface area contributed by atoms with Crippen LogP contribution in [0.2, 0.25) is 0 Å². The number of nitrogens with zero attached hydrogens (tertiary/aromatic N) is 4. The van der Waals surface area contributed by atoms with Crippen LogP contribution in [0.1, 0.15) is 60.4 Å². The van der Waals surface area contributed by atoms with Gasteiger partial charge in [-0.15, -0.1) is 0 Å². The summed E-state index contributed by atoms with van der Waals surface area (Å²) in [5.74, 6) is 0. The van der Waals surface area contributed by atoms with E-state index in [4.69, 9.17) is 0 Å². The van der Waals surface area contributed by atoms with Gasteiger partial charge < -0.3 is 10.2 Å². The van der Waals surface area contributed by atoms with Crippen molar-refractivity contribution in [2.75, 3.05) is 0 Å². The number of imidazole rings is 2. The van der Waals surface area contributed by atoms with Crippen molar-refractivity contribution < 1.29 is 19.3 Å². The van der Waals surface area contributed by atoms with Gasteiger partial charge in [0.1, 0.15) is 24.6 Å². The zero-order valence-electron chi connectivity index (χ0n) is 20.2. The van der Waals surface area contributed by atoms with Gasteiger partial charge in [-0.05, 0) is 36.8 Å². The number of aromatic nitrogens is 4. The maximum Gasteiger partial charge on any atom is 0.243 e. The first-order chi connectivity index (χ1) is 16.5. The van der Waals surface area contributed by atoms with Gasteiger partial charge in [-0.25, -0.2) is 18.3 Å². The number of aryl methyl sites for hydroxylation is 4. The quantitative estimate of drug-likeness (QED) is 0.266. The highest BCUT2D eigenvalue weighted by Gasteiger charge is 2.22. The van der Waals surface area contributed by atoms with Gasteiger partial charge in [-0.2, -0.15) is 0 Å². The SMILES string of the molecule is Cn1c[n+](CCCCCCn2c[n+](C)cc2[C@H](O)c2ccccc2)cc1[C@H](O)c1ccccc1. The van der Waals surface area contributed by atoms with E-state index < -0.39 is 12.2 Å². The van der Waals surface area contributed by atoms with Crippen molar-refractivity contribution >= 4 is 0 Å². The summed E-state index contributed by atoms with van der Waals surface area (Å²) >= 11 is 0. The first kappa shape index (κ1) is 23.9. The van der Waals surface area contributed by atoms with E-state index in [1.54, 1.807) is 0 Å². The zero-order chi connectivity index (χ0) is 23.9. The van der Waals surface area contributed by atoms with Crippen molar-refractivity contribution in [2.45, 2.75) is 51.0 Å². The molecule has 0 saturated heterocycles. The van der Waals surface area contributed by atoms with E-state index in [1.807, 2.05) is 90.1 Å². The van der Waals surface area contributed by atoms with Crippen LogP contribution >= 0.6 is 0 Å². The molecule has 2 atom stereocenters. The second-order valence-corrected chi connectivity index (χ2v) is 9.09. The maximum absolute atomic E-state index is 10.8. The number of unbranched alkanes of at least 4 members (excludes halogenated alkanes) is 3. The fourth-order valence-corrected chi connectivity index (χ4v) is 4.53. The van der Waals surface area contributed by atoms with Gasteiger partial charge in [0.15, 0.2) is 11.4 Å². The molecule has 0 fully saturated rings. The molecule has 2 N–H and O–H groups in total. The van der Waals surface area contributed by atoms with Gasteiger partial charge in [0.2, 0.25) is 12.7 Å². The Morgan fingerprint density at radius 1 is 0.735 bits per heavy atom. The van der Waals surface area contributed by atoms with Crippen molar-refractivity contribution in [3.63, 3.8) is 0 Å². The molecular formula is C28H36N4O2+2. The van der Waals surface area contributed by atoms with Gasteiger partial charge in [0, 0.05) is 0 Å². The molecule has 0 saturated carbocycles. The molecule has 4 aromatic rings. The summed E-state index contributed by atoms with van der Waals surface area (Å²) in [6.45, 7) is 1.83. The van der Waals surface area contributed by atoms with E-state index in [0.29, 0.717) is 0 Å². The van der Waals surface area contributed by atoms with E-state index in [1.165, 1.54) is 0 Å². The number of hydrogen-bond donors (Lipinski definition) is 2. The van der Waals surface area contributed by atoms with Crippen LogP contribution in [0.4, 0.5) is 0 Å². The van der Waals surface area contributed by atoms with Crippen LogP contribution in [0, 0.1) is 0 Å². The lowest BCUT2D eigenvalue weighted by atomic mass is 10.1. The molecule has 2 aromatic heterocycles. The summed E-state index contributed by atoms with van der Waals surface area (Å²) in [5, 5.41) is 21.5. The van der Waals surface area contributed by atoms with E-state index >= 15 is 0 Å². The molecule has 0 aliphatic rings. The van der Waals surface area contributed by atoms with Crippen molar-refractivity contribution in [1.82, 2.24) is 9.13 Å². The topological polar surface area (TPSA) is 58.1 Å². The Morgan fingerprint density at radius 3 is 1.97 bits per heavy atom. The van der Waals surface area contributed by atoms with Crippen molar-refractivity contribution in [3.8, 4) is 0 Å². The van der Waals surface area contributed by atoms with Crippen molar-refractivity contribution in [3.05, 3.63) is 108 Å². The standard InChI is InChI=1S/C28H36N4O2/c1-29-19-26(28(34)24-15-9-6-10-16-24)32(21-29)18-12-4-3-11-17-31-20-25(30(2)22-31)27(33)23-13-7-5-8-14-23/h5-10,13-16,19-22,27-28,33-34H,3-4,11-12,17-18H2,1-2H3/q+2/t27-,28-/m1/s1. The van der Waals surface area contributed by atoms with Crippen LogP contribution < -0.4 is 9.13 Å². The molecule has 0 radical (unpaired) electrons. The summed E-state index contributed by atoms with van der Waals surface area (Å²) in [6, 6.07) is 19.6. The summed E-state index contributed by atoms with van der Waals surface area (Å²) in [5.41, 5.74) is 3.65. The van der Waals surface area contributed by atoms with Gasteiger partial charge in [-0.1, -0.05) is 60.7 Å². The van der Waals surface area contributed by atoms with Crippen LogP contribution in [0.5, 0.6) is 0 Å². The fraction of sp³-hybridized carbons (Fsp3) is 0.357. The zero-order valence-corrected chi connectivity index (χ0v) is 20.2. The molecule has 4 rings (SSSR count). The predicted octanol–water partition coefficient (Wildman–Crippen LogP) is 3.36. The van der Waals surface area contributed by atoms with E-state index in [0.717, 1.165) is 61.3 Å².